The molecular weight excluding hydrogens is 402 g/mol. The maximum atomic E-state index is 12.6. The standard InChI is InChI=1S/C22H19N3O4S/c26-22(27)14-21(16-7-3-1-4-8-16)25-15-23-19-13-17(11-12-20(19)25)24-30(28,29)18-9-5-2-6-10-18/h1-13,15,21,24H,14H2,(H,26,27). The average molecular weight is 421 g/mol. The molecule has 0 radical (unpaired) electrons. The molecule has 0 saturated heterocycles. The highest BCUT2D eigenvalue weighted by molar-refractivity contribution is 7.92. The number of aliphatic carboxylic acids is 1. The highest BCUT2D eigenvalue weighted by Gasteiger charge is 2.20. The fourth-order valence-corrected chi connectivity index (χ4v) is 4.45. The van der Waals surface area contributed by atoms with Gasteiger partial charge in [-0.1, -0.05) is 48.5 Å². The summed E-state index contributed by atoms with van der Waals surface area (Å²) in [4.78, 5) is 16.0. The molecule has 0 aliphatic heterocycles. The van der Waals surface area contributed by atoms with Crippen LogP contribution in [0.3, 0.4) is 0 Å². The molecule has 0 bridgehead atoms. The Hall–Kier alpha value is -3.65. The van der Waals surface area contributed by atoms with Gasteiger partial charge in [0, 0.05) is 0 Å². The van der Waals surface area contributed by atoms with Gasteiger partial charge in [-0.05, 0) is 35.9 Å². The third-order valence-electron chi connectivity index (χ3n) is 4.77. The number of sulfonamides is 1. The van der Waals surface area contributed by atoms with Crippen molar-refractivity contribution in [3.8, 4) is 0 Å². The zero-order valence-corrected chi connectivity index (χ0v) is 16.7. The number of hydrogen-bond donors (Lipinski definition) is 2. The second kappa shape index (κ2) is 8.00. The first-order chi connectivity index (χ1) is 14.4. The fourth-order valence-electron chi connectivity index (χ4n) is 3.37. The SMILES string of the molecule is O=C(O)CC(c1ccccc1)n1cnc2cc(NS(=O)(=O)c3ccccc3)ccc21. The number of hydrogen-bond acceptors (Lipinski definition) is 4. The van der Waals surface area contributed by atoms with Crippen molar-refractivity contribution in [1.82, 2.24) is 9.55 Å². The van der Waals surface area contributed by atoms with E-state index in [1.54, 1.807) is 47.3 Å². The number of nitrogens with zero attached hydrogens (tertiary/aromatic N) is 2. The van der Waals surface area contributed by atoms with Crippen LogP contribution in [-0.2, 0) is 14.8 Å². The summed E-state index contributed by atoms with van der Waals surface area (Å²) in [7, 11) is -3.71. The smallest absolute Gasteiger partial charge is 0.305 e. The van der Waals surface area contributed by atoms with Crippen LogP contribution in [0.1, 0.15) is 18.0 Å². The Morgan fingerprint density at radius 3 is 2.33 bits per heavy atom. The third-order valence-corrected chi connectivity index (χ3v) is 6.17. The molecule has 4 rings (SSSR count). The Labute approximate surface area is 173 Å². The van der Waals surface area contributed by atoms with Gasteiger partial charge in [0.15, 0.2) is 0 Å². The van der Waals surface area contributed by atoms with Crippen LogP contribution in [0.5, 0.6) is 0 Å². The molecule has 7 nitrogen and oxygen atoms in total. The molecule has 0 saturated carbocycles. The van der Waals surface area contributed by atoms with Gasteiger partial charge in [0.05, 0.1) is 40.4 Å². The van der Waals surface area contributed by atoms with Gasteiger partial charge in [-0.2, -0.15) is 0 Å². The van der Waals surface area contributed by atoms with Gasteiger partial charge < -0.3 is 9.67 Å². The highest BCUT2D eigenvalue weighted by atomic mass is 32.2. The molecule has 3 aromatic carbocycles. The maximum absolute atomic E-state index is 12.6. The second-order valence-electron chi connectivity index (χ2n) is 6.80. The zero-order chi connectivity index (χ0) is 21.1. The summed E-state index contributed by atoms with van der Waals surface area (Å²) in [6.07, 6.45) is 1.48. The Kier molecular flexibility index (Phi) is 5.24. The van der Waals surface area contributed by atoms with E-state index in [1.807, 2.05) is 30.3 Å². The number of carbonyl (C=O) groups is 1. The molecule has 30 heavy (non-hydrogen) atoms. The molecular formula is C22H19N3O4S. The van der Waals surface area contributed by atoms with Crippen molar-refractivity contribution in [2.24, 2.45) is 0 Å². The number of anilines is 1. The van der Waals surface area contributed by atoms with E-state index in [0.29, 0.717) is 16.7 Å². The Bertz CT molecular complexity index is 1290. The topological polar surface area (TPSA) is 101 Å². The third kappa shape index (κ3) is 4.04. The van der Waals surface area contributed by atoms with Crippen LogP contribution in [0.4, 0.5) is 5.69 Å². The van der Waals surface area contributed by atoms with Gasteiger partial charge in [-0.25, -0.2) is 13.4 Å². The minimum atomic E-state index is -3.71. The predicted octanol–water partition coefficient (Wildman–Crippen LogP) is 3.90. The molecule has 0 aliphatic rings. The van der Waals surface area contributed by atoms with Gasteiger partial charge in [0.1, 0.15) is 0 Å². The molecule has 152 valence electrons. The van der Waals surface area contributed by atoms with Crippen LogP contribution in [0.2, 0.25) is 0 Å². The first-order valence-electron chi connectivity index (χ1n) is 9.25. The summed E-state index contributed by atoms with van der Waals surface area (Å²) < 4.78 is 29.5. The van der Waals surface area contributed by atoms with Crippen molar-refractivity contribution in [2.75, 3.05) is 4.72 Å². The minimum Gasteiger partial charge on any atom is -0.481 e. The molecule has 1 aromatic heterocycles. The lowest BCUT2D eigenvalue weighted by Crippen LogP contribution is -2.14. The van der Waals surface area contributed by atoms with Gasteiger partial charge in [-0.3, -0.25) is 9.52 Å². The van der Waals surface area contributed by atoms with Gasteiger partial charge in [0.25, 0.3) is 10.0 Å². The van der Waals surface area contributed by atoms with Crippen molar-refractivity contribution in [2.45, 2.75) is 17.4 Å². The molecule has 1 atom stereocenters. The number of nitrogens with one attached hydrogen (secondary N) is 1. The lowest BCUT2D eigenvalue weighted by atomic mass is 10.0. The van der Waals surface area contributed by atoms with Gasteiger partial charge in [0.2, 0.25) is 0 Å². The van der Waals surface area contributed by atoms with Gasteiger partial charge in [-0.15, -0.1) is 0 Å². The molecule has 1 heterocycles. The zero-order valence-electron chi connectivity index (χ0n) is 15.8. The Morgan fingerprint density at radius 2 is 1.67 bits per heavy atom. The van der Waals surface area contributed by atoms with Gasteiger partial charge >= 0.3 is 5.97 Å². The fraction of sp³-hybridized carbons (Fsp3) is 0.0909. The molecule has 0 aliphatic carbocycles. The Balaban J connectivity index is 1.69. The molecule has 4 aromatic rings. The van der Waals surface area contributed by atoms with E-state index in [-0.39, 0.29) is 11.3 Å². The summed E-state index contributed by atoms with van der Waals surface area (Å²) in [5.41, 5.74) is 2.52. The molecule has 8 heteroatoms. The Morgan fingerprint density at radius 1 is 1.00 bits per heavy atom. The highest BCUT2D eigenvalue weighted by Crippen LogP contribution is 2.28. The molecule has 0 fully saturated rings. The molecule has 2 N–H and O–H groups in total. The first-order valence-corrected chi connectivity index (χ1v) is 10.7. The van der Waals surface area contributed by atoms with Crippen molar-refractivity contribution in [3.05, 3.63) is 90.8 Å². The van der Waals surface area contributed by atoms with Crippen LogP contribution in [0.15, 0.2) is 90.1 Å². The summed E-state index contributed by atoms with van der Waals surface area (Å²) in [5, 5.41) is 9.39. The summed E-state index contributed by atoms with van der Waals surface area (Å²) in [6, 6.07) is 22.0. The normalized spacial score (nSPS) is 12.5. The second-order valence-corrected chi connectivity index (χ2v) is 8.48. The van der Waals surface area contributed by atoms with Crippen molar-refractivity contribution in [3.63, 3.8) is 0 Å². The number of aromatic nitrogens is 2. The number of fused-ring (bicyclic) bond motifs is 1. The van der Waals surface area contributed by atoms with Crippen LogP contribution in [0, 0.1) is 0 Å². The number of benzene rings is 3. The van der Waals surface area contributed by atoms with E-state index in [0.717, 1.165) is 5.56 Å². The maximum Gasteiger partial charge on any atom is 0.305 e. The summed E-state index contributed by atoms with van der Waals surface area (Å²) >= 11 is 0. The van der Waals surface area contributed by atoms with Crippen LogP contribution >= 0.6 is 0 Å². The van der Waals surface area contributed by atoms with E-state index in [1.165, 1.54) is 12.1 Å². The number of carboxylic acids is 1. The lowest BCUT2D eigenvalue weighted by molar-refractivity contribution is -0.137. The van der Waals surface area contributed by atoms with Crippen LogP contribution in [-0.4, -0.2) is 29.0 Å². The summed E-state index contributed by atoms with van der Waals surface area (Å²) in [5.74, 6) is -0.919. The molecule has 1 unspecified atom stereocenters. The molecule has 0 spiro atoms. The minimum absolute atomic E-state index is 0.0993. The average Bonchev–Trinajstić information content (AvgIpc) is 3.16. The van der Waals surface area contributed by atoms with Crippen molar-refractivity contribution in [1.29, 1.82) is 0 Å². The first kappa shape index (κ1) is 19.7. The largest absolute Gasteiger partial charge is 0.481 e. The predicted molar refractivity (Wildman–Crippen MR) is 114 cm³/mol. The number of imidazole rings is 1. The number of rotatable bonds is 7. The van der Waals surface area contributed by atoms with Crippen LogP contribution < -0.4 is 4.72 Å². The van der Waals surface area contributed by atoms with Crippen molar-refractivity contribution < 1.29 is 18.3 Å². The van der Waals surface area contributed by atoms with E-state index >= 15 is 0 Å². The lowest BCUT2D eigenvalue weighted by Gasteiger charge is -2.18. The van der Waals surface area contributed by atoms with E-state index in [9.17, 15) is 18.3 Å². The quantitative estimate of drug-likeness (QED) is 0.471. The monoisotopic (exact) mass is 421 g/mol. The number of carboxylic acid groups (broad SMARTS) is 1. The molecule has 0 amide bonds. The van der Waals surface area contributed by atoms with Crippen molar-refractivity contribution >= 4 is 32.7 Å². The van der Waals surface area contributed by atoms with E-state index in [2.05, 4.69) is 9.71 Å². The van der Waals surface area contributed by atoms with Crippen LogP contribution in [0.25, 0.3) is 11.0 Å². The summed E-state index contributed by atoms with van der Waals surface area (Å²) in [6.45, 7) is 0. The van der Waals surface area contributed by atoms with E-state index in [4.69, 9.17) is 0 Å². The van der Waals surface area contributed by atoms with E-state index < -0.39 is 22.0 Å².